The maximum Gasteiger partial charge on any atom is 0.119 e. The van der Waals surface area contributed by atoms with Crippen molar-refractivity contribution in [2.24, 2.45) is 5.73 Å². The SMILES string of the molecule is COc1cccc(C(C(C)N)N(C)CCOC(C)C)c1. The molecule has 2 N–H and O–H groups in total. The molecule has 2 atom stereocenters. The fraction of sp³-hybridized carbons (Fsp3) is 0.625. The van der Waals surface area contributed by atoms with Gasteiger partial charge < -0.3 is 15.2 Å². The number of likely N-dealkylation sites (N-methyl/N-ethyl adjacent to an activating group) is 1. The van der Waals surface area contributed by atoms with Crippen molar-refractivity contribution in [2.75, 3.05) is 27.3 Å². The zero-order valence-electron chi connectivity index (χ0n) is 13.3. The lowest BCUT2D eigenvalue weighted by atomic mass is 9.99. The summed E-state index contributed by atoms with van der Waals surface area (Å²) in [5, 5.41) is 0. The third-order valence-corrected chi connectivity index (χ3v) is 3.30. The number of hydrogen-bond donors (Lipinski definition) is 1. The summed E-state index contributed by atoms with van der Waals surface area (Å²) in [5.41, 5.74) is 7.34. The van der Waals surface area contributed by atoms with Crippen molar-refractivity contribution in [1.29, 1.82) is 0 Å². The molecule has 0 saturated carbocycles. The number of nitrogens with two attached hydrogens (primary N) is 1. The maximum absolute atomic E-state index is 6.17. The van der Waals surface area contributed by atoms with Gasteiger partial charge in [0.15, 0.2) is 0 Å². The van der Waals surface area contributed by atoms with Gasteiger partial charge in [-0.2, -0.15) is 0 Å². The molecule has 1 aromatic carbocycles. The molecule has 0 amide bonds. The van der Waals surface area contributed by atoms with Crippen molar-refractivity contribution in [3.05, 3.63) is 29.8 Å². The largest absolute Gasteiger partial charge is 0.497 e. The van der Waals surface area contributed by atoms with Crippen molar-refractivity contribution >= 4 is 0 Å². The van der Waals surface area contributed by atoms with Crippen molar-refractivity contribution in [2.45, 2.75) is 39.0 Å². The van der Waals surface area contributed by atoms with Crippen LogP contribution in [0, 0.1) is 0 Å². The van der Waals surface area contributed by atoms with Crippen LogP contribution < -0.4 is 10.5 Å². The van der Waals surface area contributed by atoms with Crippen LogP contribution in [-0.4, -0.2) is 44.4 Å². The van der Waals surface area contributed by atoms with E-state index in [0.717, 1.165) is 12.3 Å². The molecule has 0 aliphatic heterocycles. The van der Waals surface area contributed by atoms with Crippen molar-refractivity contribution in [3.8, 4) is 5.75 Å². The predicted octanol–water partition coefficient (Wildman–Crippen LogP) is 2.44. The smallest absolute Gasteiger partial charge is 0.119 e. The molecule has 0 bridgehead atoms. The van der Waals surface area contributed by atoms with E-state index in [-0.39, 0.29) is 18.2 Å². The molecular weight excluding hydrogens is 252 g/mol. The lowest BCUT2D eigenvalue weighted by Crippen LogP contribution is -2.39. The minimum absolute atomic E-state index is 0.0335. The average Bonchev–Trinajstić information content (AvgIpc) is 2.38. The second-order valence-electron chi connectivity index (χ2n) is 5.48. The summed E-state index contributed by atoms with van der Waals surface area (Å²) in [6.07, 6.45) is 0.258. The topological polar surface area (TPSA) is 47.7 Å². The molecule has 114 valence electrons. The number of ether oxygens (including phenoxy) is 2. The van der Waals surface area contributed by atoms with Gasteiger partial charge in [-0.1, -0.05) is 12.1 Å². The number of benzene rings is 1. The normalized spacial score (nSPS) is 14.6. The van der Waals surface area contributed by atoms with E-state index in [1.165, 1.54) is 5.56 Å². The van der Waals surface area contributed by atoms with Crippen molar-refractivity contribution < 1.29 is 9.47 Å². The third-order valence-electron chi connectivity index (χ3n) is 3.30. The Hall–Kier alpha value is -1.10. The minimum atomic E-state index is 0.0335. The monoisotopic (exact) mass is 280 g/mol. The maximum atomic E-state index is 6.17. The van der Waals surface area contributed by atoms with Gasteiger partial charge in [0.05, 0.1) is 19.8 Å². The van der Waals surface area contributed by atoms with Crippen LogP contribution in [0.4, 0.5) is 0 Å². The van der Waals surface area contributed by atoms with E-state index in [1.54, 1.807) is 7.11 Å². The van der Waals surface area contributed by atoms with E-state index in [0.29, 0.717) is 6.61 Å². The Morgan fingerprint density at radius 2 is 1.95 bits per heavy atom. The average molecular weight is 280 g/mol. The molecule has 4 nitrogen and oxygen atoms in total. The highest BCUT2D eigenvalue weighted by Gasteiger charge is 2.21. The quantitative estimate of drug-likeness (QED) is 0.794. The van der Waals surface area contributed by atoms with Gasteiger partial charge in [-0.25, -0.2) is 0 Å². The van der Waals surface area contributed by atoms with E-state index < -0.39 is 0 Å². The molecule has 0 aliphatic carbocycles. The van der Waals surface area contributed by atoms with Gasteiger partial charge in [-0.05, 0) is 45.5 Å². The molecule has 0 aromatic heterocycles. The van der Waals surface area contributed by atoms with Crippen LogP contribution in [0.25, 0.3) is 0 Å². The molecule has 2 unspecified atom stereocenters. The van der Waals surface area contributed by atoms with Crippen LogP contribution in [0.5, 0.6) is 5.75 Å². The zero-order valence-corrected chi connectivity index (χ0v) is 13.3. The van der Waals surface area contributed by atoms with Crippen LogP contribution in [0.15, 0.2) is 24.3 Å². The Balaban J connectivity index is 2.76. The first kappa shape index (κ1) is 17.0. The van der Waals surface area contributed by atoms with Crippen LogP contribution in [0.1, 0.15) is 32.4 Å². The van der Waals surface area contributed by atoms with Gasteiger partial charge in [0, 0.05) is 18.6 Å². The Morgan fingerprint density at radius 1 is 1.25 bits per heavy atom. The summed E-state index contributed by atoms with van der Waals surface area (Å²) in [7, 11) is 3.76. The Kier molecular flexibility index (Phi) is 6.99. The lowest BCUT2D eigenvalue weighted by molar-refractivity contribution is 0.0535. The molecule has 1 aromatic rings. The molecule has 0 aliphatic rings. The van der Waals surface area contributed by atoms with E-state index in [9.17, 15) is 0 Å². The Labute approximate surface area is 122 Å². The Bertz CT molecular complexity index is 394. The minimum Gasteiger partial charge on any atom is -0.497 e. The standard InChI is InChI=1S/C16H28N2O2/c1-12(2)20-10-9-18(4)16(13(3)17)14-7-6-8-15(11-14)19-5/h6-8,11-13,16H,9-10,17H2,1-5H3. The fourth-order valence-corrected chi connectivity index (χ4v) is 2.36. The number of methoxy groups -OCH3 is 1. The fourth-order valence-electron chi connectivity index (χ4n) is 2.36. The van der Waals surface area contributed by atoms with Gasteiger partial charge >= 0.3 is 0 Å². The van der Waals surface area contributed by atoms with E-state index in [2.05, 4.69) is 18.0 Å². The van der Waals surface area contributed by atoms with Gasteiger partial charge in [0.1, 0.15) is 5.75 Å². The molecule has 0 radical (unpaired) electrons. The van der Waals surface area contributed by atoms with Crippen LogP contribution in [0.2, 0.25) is 0 Å². The van der Waals surface area contributed by atoms with Gasteiger partial charge in [-0.15, -0.1) is 0 Å². The highest BCUT2D eigenvalue weighted by molar-refractivity contribution is 5.31. The summed E-state index contributed by atoms with van der Waals surface area (Å²) in [5.74, 6) is 0.861. The Morgan fingerprint density at radius 3 is 2.50 bits per heavy atom. The van der Waals surface area contributed by atoms with Crippen LogP contribution in [-0.2, 0) is 4.74 Å². The summed E-state index contributed by atoms with van der Waals surface area (Å²) in [4.78, 5) is 2.24. The molecule has 0 fully saturated rings. The first-order valence-electron chi connectivity index (χ1n) is 7.17. The molecule has 1 rings (SSSR count). The molecule has 0 spiro atoms. The first-order chi connectivity index (χ1) is 9.45. The van der Waals surface area contributed by atoms with Gasteiger partial charge in [-0.3, -0.25) is 4.90 Å². The highest BCUT2D eigenvalue weighted by Crippen LogP contribution is 2.25. The lowest BCUT2D eigenvalue weighted by Gasteiger charge is -2.31. The molecule has 4 heteroatoms. The van der Waals surface area contributed by atoms with E-state index in [1.807, 2.05) is 39.0 Å². The summed E-state index contributed by atoms with van der Waals surface area (Å²) in [6, 6.07) is 8.28. The number of hydrogen-bond acceptors (Lipinski definition) is 4. The highest BCUT2D eigenvalue weighted by atomic mass is 16.5. The predicted molar refractivity (Wildman–Crippen MR) is 83.1 cm³/mol. The molecule has 0 saturated heterocycles. The number of rotatable bonds is 8. The van der Waals surface area contributed by atoms with Crippen molar-refractivity contribution in [3.63, 3.8) is 0 Å². The number of nitrogens with zero attached hydrogens (tertiary/aromatic N) is 1. The van der Waals surface area contributed by atoms with Gasteiger partial charge in [0.25, 0.3) is 0 Å². The molecular formula is C16H28N2O2. The molecule has 20 heavy (non-hydrogen) atoms. The second-order valence-corrected chi connectivity index (χ2v) is 5.48. The summed E-state index contributed by atoms with van der Waals surface area (Å²) >= 11 is 0. The van der Waals surface area contributed by atoms with Crippen LogP contribution in [0.3, 0.4) is 0 Å². The van der Waals surface area contributed by atoms with E-state index >= 15 is 0 Å². The summed E-state index contributed by atoms with van der Waals surface area (Å²) in [6.45, 7) is 7.68. The summed E-state index contributed by atoms with van der Waals surface area (Å²) < 4.78 is 10.9. The first-order valence-corrected chi connectivity index (χ1v) is 7.17. The zero-order chi connectivity index (χ0) is 15.1. The third kappa shape index (κ3) is 5.12. The van der Waals surface area contributed by atoms with Gasteiger partial charge in [0.2, 0.25) is 0 Å². The second kappa shape index (κ2) is 8.25. The van der Waals surface area contributed by atoms with E-state index in [4.69, 9.17) is 15.2 Å². The van der Waals surface area contributed by atoms with Crippen LogP contribution >= 0.6 is 0 Å². The van der Waals surface area contributed by atoms with Crippen molar-refractivity contribution in [1.82, 2.24) is 4.90 Å². The molecule has 0 heterocycles.